The lowest BCUT2D eigenvalue weighted by atomic mass is 9.84. The van der Waals surface area contributed by atoms with Gasteiger partial charge in [0.2, 0.25) is 0 Å². The maximum absolute atomic E-state index is 2.47. The fraction of sp³-hybridized carbons (Fsp3) is 0.304. The van der Waals surface area contributed by atoms with Crippen LogP contribution in [0.1, 0.15) is 67.3 Å². The number of fused-ring (bicyclic) bond motifs is 2. The van der Waals surface area contributed by atoms with Gasteiger partial charge in [0.1, 0.15) is 0 Å². The molecule has 2 aliphatic carbocycles. The molecule has 0 N–H and O–H groups in total. The molecule has 23 heavy (non-hydrogen) atoms. The van der Waals surface area contributed by atoms with Crippen molar-refractivity contribution in [3.63, 3.8) is 0 Å². The number of hydrogen-bond donors (Lipinski definition) is 0. The van der Waals surface area contributed by atoms with Gasteiger partial charge in [0, 0.05) is 11.8 Å². The van der Waals surface area contributed by atoms with Crippen LogP contribution >= 0.6 is 0 Å². The summed E-state index contributed by atoms with van der Waals surface area (Å²) in [6.07, 6.45) is 4.82. The molecular weight excluding hydrogens is 276 g/mol. The molecule has 2 aromatic rings. The van der Waals surface area contributed by atoms with E-state index in [-0.39, 0.29) is 0 Å². The second kappa shape index (κ2) is 5.23. The van der Waals surface area contributed by atoms with Crippen LogP contribution in [-0.4, -0.2) is 0 Å². The lowest BCUT2D eigenvalue weighted by Gasteiger charge is -2.19. The maximum atomic E-state index is 2.47. The molecule has 1 unspecified atom stereocenters. The molecule has 0 nitrogen and oxygen atoms in total. The molecule has 0 heterocycles. The average Bonchev–Trinajstić information content (AvgIpc) is 3.04. The largest absolute Gasteiger partial charge is 0.0619 e. The monoisotopic (exact) mass is 300 g/mol. The molecule has 0 radical (unpaired) electrons. The van der Waals surface area contributed by atoms with Crippen LogP contribution in [0.3, 0.4) is 0 Å². The second-order valence-corrected chi connectivity index (χ2v) is 7.32. The summed E-state index contributed by atoms with van der Waals surface area (Å²) in [5.74, 6) is 1.57. The molecule has 2 aliphatic rings. The minimum absolute atomic E-state index is 0.413. The van der Waals surface area contributed by atoms with E-state index in [1.165, 1.54) is 33.4 Å². The molecule has 0 aromatic heterocycles. The minimum atomic E-state index is 0.413. The molecule has 0 aliphatic heterocycles. The smallest absolute Gasteiger partial charge is 0.0311 e. The van der Waals surface area contributed by atoms with E-state index < -0.39 is 0 Å². The highest BCUT2D eigenvalue weighted by molar-refractivity contribution is 5.75. The van der Waals surface area contributed by atoms with E-state index in [1.54, 1.807) is 5.57 Å². The van der Waals surface area contributed by atoms with Gasteiger partial charge in [-0.3, -0.25) is 0 Å². The van der Waals surface area contributed by atoms with E-state index in [9.17, 15) is 0 Å². The lowest BCUT2D eigenvalue weighted by molar-refractivity contribution is 0.699. The Morgan fingerprint density at radius 1 is 0.826 bits per heavy atom. The molecular formula is C23H24. The van der Waals surface area contributed by atoms with Gasteiger partial charge in [0.05, 0.1) is 0 Å². The minimum Gasteiger partial charge on any atom is -0.0619 e. The first kappa shape index (κ1) is 14.5. The predicted octanol–water partition coefficient (Wildman–Crippen LogP) is 6.39. The number of benzene rings is 2. The first-order valence-corrected chi connectivity index (χ1v) is 8.69. The summed E-state index contributed by atoms with van der Waals surface area (Å²) in [7, 11) is 0. The third kappa shape index (κ3) is 2.12. The molecule has 0 amide bonds. The van der Waals surface area contributed by atoms with Crippen LogP contribution in [0.15, 0.2) is 53.6 Å². The van der Waals surface area contributed by atoms with Gasteiger partial charge in [-0.05, 0) is 40.7 Å². The number of rotatable bonds is 2. The van der Waals surface area contributed by atoms with E-state index in [0.29, 0.717) is 17.8 Å². The third-order valence-corrected chi connectivity index (χ3v) is 5.57. The van der Waals surface area contributed by atoms with Crippen molar-refractivity contribution < 1.29 is 0 Å². The fourth-order valence-corrected chi connectivity index (χ4v) is 4.43. The van der Waals surface area contributed by atoms with Crippen LogP contribution in [0.2, 0.25) is 0 Å². The zero-order valence-corrected chi connectivity index (χ0v) is 14.4. The maximum Gasteiger partial charge on any atom is 0.0311 e. The van der Waals surface area contributed by atoms with Crippen LogP contribution < -0.4 is 0 Å². The SMILES string of the molecule is CC1=Cc2ccccc2[C@@H]1c1cccc2c1C=C(C(C)C)C2C. The van der Waals surface area contributed by atoms with Crippen molar-refractivity contribution in [3.8, 4) is 0 Å². The summed E-state index contributed by atoms with van der Waals surface area (Å²) in [6, 6.07) is 15.7. The van der Waals surface area contributed by atoms with Crippen molar-refractivity contribution in [2.75, 3.05) is 0 Å². The fourth-order valence-electron chi connectivity index (χ4n) is 4.43. The first-order chi connectivity index (χ1) is 11.1. The Kier molecular flexibility index (Phi) is 3.30. The van der Waals surface area contributed by atoms with Crippen molar-refractivity contribution in [1.29, 1.82) is 0 Å². The molecule has 0 saturated heterocycles. The van der Waals surface area contributed by atoms with Crippen LogP contribution in [0.25, 0.3) is 12.2 Å². The van der Waals surface area contributed by atoms with E-state index >= 15 is 0 Å². The second-order valence-electron chi connectivity index (χ2n) is 7.32. The molecule has 116 valence electrons. The Bertz CT molecular complexity index is 833. The highest BCUT2D eigenvalue weighted by atomic mass is 14.3. The van der Waals surface area contributed by atoms with E-state index in [0.717, 1.165) is 0 Å². The Hall–Kier alpha value is -2.08. The van der Waals surface area contributed by atoms with Gasteiger partial charge in [0.15, 0.2) is 0 Å². The van der Waals surface area contributed by atoms with Crippen LogP contribution in [-0.2, 0) is 0 Å². The zero-order valence-electron chi connectivity index (χ0n) is 14.4. The van der Waals surface area contributed by atoms with Gasteiger partial charge in [-0.2, -0.15) is 0 Å². The molecule has 2 aromatic carbocycles. The predicted molar refractivity (Wildman–Crippen MR) is 99.6 cm³/mol. The van der Waals surface area contributed by atoms with Crippen molar-refractivity contribution >= 4 is 12.2 Å². The number of hydrogen-bond acceptors (Lipinski definition) is 0. The van der Waals surface area contributed by atoms with Crippen LogP contribution in [0.5, 0.6) is 0 Å². The molecule has 4 rings (SSSR count). The topological polar surface area (TPSA) is 0 Å². The summed E-state index contributed by atoms with van der Waals surface area (Å²) in [4.78, 5) is 0. The van der Waals surface area contributed by atoms with E-state index in [4.69, 9.17) is 0 Å². The molecule has 0 fully saturated rings. The highest BCUT2D eigenvalue weighted by Gasteiger charge is 2.30. The first-order valence-electron chi connectivity index (χ1n) is 8.69. The van der Waals surface area contributed by atoms with E-state index in [1.807, 2.05) is 0 Å². The summed E-state index contributed by atoms with van der Waals surface area (Å²) < 4.78 is 0. The van der Waals surface area contributed by atoms with Gasteiger partial charge < -0.3 is 0 Å². The summed E-state index contributed by atoms with van der Waals surface area (Å²) in [5, 5.41) is 0. The molecule has 0 spiro atoms. The van der Waals surface area contributed by atoms with Gasteiger partial charge in [-0.1, -0.05) is 86.5 Å². The number of allylic oxidation sites excluding steroid dienone is 2. The van der Waals surface area contributed by atoms with Crippen molar-refractivity contribution in [1.82, 2.24) is 0 Å². The Morgan fingerprint density at radius 3 is 2.30 bits per heavy atom. The van der Waals surface area contributed by atoms with Gasteiger partial charge in [-0.15, -0.1) is 0 Å². The normalized spacial score (nSPS) is 22.0. The quantitative estimate of drug-likeness (QED) is 0.602. The molecule has 0 saturated carbocycles. The van der Waals surface area contributed by atoms with Gasteiger partial charge in [-0.25, -0.2) is 0 Å². The molecule has 0 heteroatoms. The highest BCUT2D eigenvalue weighted by Crippen LogP contribution is 2.47. The van der Waals surface area contributed by atoms with Crippen molar-refractivity contribution in [2.24, 2.45) is 5.92 Å². The summed E-state index contributed by atoms with van der Waals surface area (Å²) in [6.45, 7) is 9.25. The Labute approximate surface area is 139 Å². The standard InChI is InChI=1S/C23H24/c1-14(2)21-13-22-18(16(21)4)10-7-11-20(22)23-15(3)12-17-8-5-6-9-19(17)23/h5-14,16,23H,1-4H3/t16?,23-/m1/s1. The molecule has 0 bridgehead atoms. The zero-order chi connectivity index (χ0) is 16.1. The Balaban J connectivity index is 1.89. The van der Waals surface area contributed by atoms with Gasteiger partial charge >= 0.3 is 0 Å². The average molecular weight is 300 g/mol. The third-order valence-electron chi connectivity index (χ3n) is 5.57. The summed E-state index contributed by atoms with van der Waals surface area (Å²) >= 11 is 0. The lowest BCUT2D eigenvalue weighted by Crippen LogP contribution is -2.03. The van der Waals surface area contributed by atoms with Crippen LogP contribution in [0.4, 0.5) is 0 Å². The molecule has 2 atom stereocenters. The summed E-state index contributed by atoms with van der Waals surface area (Å²) in [5.41, 5.74) is 10.3. The van der Waals surface area contributed by atoms with Crippen LogP contribution in [0, 0.1) is 5.92 Å². The van der Waals surface area contributed by atoms with Crippen molar-refractivity contribution in [2.45, 2.75) is 39.5 Å². The van der Waals surface area contributed by atoms with Crippen molar-refractivity contribution in [3.05, 3.63) is 81.4 Å². The van der Waals surface area contributed by atoms with E-state index in [2.05, 4.69) is 82.3 Å². The van der Waals surface area contributed by atoms with Gasteiger partial charge in [0.25, 0.3) is 0 Å². The Morgan fingerprint density at radius 2 is 1.52 bits per heavy atom.